The zero-order valence-electron chi connectivity index (χ0n) is 12.6. The lowest BCUT2D eigenvalue weighted by Gasteiger charge is -2.35. The molecule has 1 aliphatic heterocycles. The van der Waals surface area contributed by atoms with Crippen LogP contribution in [-0.4, -0.2) is 48.2 Å². The average molecular weight is 302 g/mol. The summed E-state index contributed by atoms with van der Waals surface area (Å²) in [5, 5.41) is 0. The van der Waals surface area contributed by atoms with Crippen molar-refractivity contribution in [1.82, 2.24) is 14.9 Å². The summed E-state index contributed by atoms with van der Waals surface area (Å²) in [6.45, 7) is 4.55. The van der Waals surface area contributed by atoms with Crippen LogP contribution in [0.5, 0.6) is 5.88 Å². The molecule has 1 aromatic carbocycles. The minimum atomic E-state index is -0.189. The average Bonchev–Trinajstić information content (AvgIpc) is 2.58. The van der Waals surface area contributed by atoms with Gasteiger partial charge in [-0.25, -0.2) is 14.4 Å². The van der Waals surface area contributed by atoms with Crippen molar-refractivity contribution in [2.75, 3.05) is 38.2 Å². The van der Waals surface area contributed by atoms with Gasteiger partial charge in [-0.1, -0.05) is 12.1 Å². The third kappa shape index (κ3) is 3.51. The van der Waals surface area contributed by atoms with Crippen molar-refractivity contribution in [3.05, 3.63) is 48.0 Å². The quantitative estimate of drug-likeness (QED) is 0.863. The van der Waals surface area contributed by atoms with Crippen LogP contribution in [0.4, 0.5) is 10.2 Å². The van der Waals surface area contributed by atoms with Gasteiger partial charge in [0, 0.05) is 38.8 Å². The van der Waals surface area contributed by atoms with Crippen molar-refractivity contribution in [3.63, 3.8) is 0 Å². The lowest BCUT2D eigenvalue weighted by atomic mass is 10.2. The summed E-state index contributed by atoms with van der Waals surface area (Å²) in [4.78, 5) is 12.9. The van der Waals surface area contributed by atoms with Crippen LogP contribution in [0.15, 0.2) is 36.7 Å². The minimum absolute atomic E-state index is 0.189. The molecule has 0 spiro atoms. The summed E-state index contributed by atoms with van der Waals surface area (Å²) in [7, 11) is 1.60. The molecule has 0 atom stereocenters. The highest BCUT2D eigenvalue weighted by Gasteiger charge is 2.18. The fourth-order valence-electron chi connectivity index (χ4n) is 2.60. The van der Waals surface area contributed by atoms with E-state index in [4.69, 9.17) is 4.74 Å². The van der Waals surface area contributed by atoms with Gasteiger partial charge in [-0.2, -0.15) is 0 Å². The first-order valence-corrected chi connectivity index (χ1v) is 7.32. The van der Waals surface area contributed by atoms with E-state index in [0.717, 1.165) is 44.1 Å². The van der Waals surface area contributed by atoms with Crippen molar-refractivity contribution in [2.45, 2.75) is 6.54 Å². The van der Waals surface area contributed by atoms with Gasteiger partial charge in [0.05, 0.1) is 7.11 Å². The van der Waals surface area contributed by atoms with Crippen molar-refractivity contribution < 1.29 is 9.13 Å². The first-order chi connectivity index (χ1) is 10.7. The Morgan fingerprint density at radius 3 is 2.50 bits per heavy atom. The monoisotopic (exact) mass is 302 g/mol. The molecule has 5 nitrogen and oxygen atoms in total. The maximum absolute atomic E-state index is 12.9. The van der Waals surface area contributed by atoms with E-state index >= 15 is 0 Å². The highest BCUT2D eigenvalue weighted by molar-refractivity contribution is 5.41. The molecule has 2 aromatic rings. The second-order valence-corrected chi connectivity index (χ2v) is 5.31. The van der Waals surface area contributed by atoms with E-state index in [0.29, 0.717) is 5.88 Å². The fraction of sp³-hybridized carbons (Fsp3) is 0.375. The predicted octanol–water partition coefficient (Wildman–Crippen LogP) is 1.95. The van der Waals surface area contributed by atoms with Gasteiger partial charge in [0.2, 0.25) is 5.88 Å². The molecule has 2 heterocycles. The van der Waals surface area contributed by atoms with Crippen molar-refractivity contribution >= 4 is 5.82 Å². The second-order valence-electron chi connectivity index (χ2n) is 5.31. The summed E-state index contributed by atoms with van der Waals surface area (Å²) in [5.41, 5.74) is 1.14. The molecule has 0 bridgehead atoms. The third-order valence-electron chi connectivity index (χ3n) is 3.85. The lowest BCUT2D eigenvalue weighted by Crippen LogP contribution is -2.46. The van der Waals surface area contributed by atoms with E-state index in [-0.39, 0.29) is 5.82 Å². The first-order valence-electron chi connectivity index (χ1n) is 7.32. The largest absolute Gasteiger partial charge is 0.481 e. The van der Waals surface area contributed by atoms with Crippen molar-refractivity contribution in [3.8, 4) is 5.88 Å². The van der Waals surface area contributed by atoms with Crippen LogP contribution in [0.25, 0.3) is 0 Å². The molecule has 1 fully saturated rings. The van der Waals surface area contributed by atoms with E-state index in [2.05, 4.69) is 19.8 Å². The molecule has 0 unspecified atom stereocenters. The topological polar surface area (TPSA) is 41.5 Å². The number of anilines is 1. The number of aromatic nitrogens is 2. The third-order valence-corrected chi connectivity index (χ3v) is 3.85. The van der Waals surface area contributed by atoms with Crippen LogP contribution in [0.2, 0.25) is 0 Å². The zero-order valence-corrected chi connectivity index (χ0v) is 12.6. The zero-order chi connectivity index (χ0) is 15.4. The molecule has 0 amide bonds. The Balaban J connectivity index is 1.56. The number of benzene rings is 1. The van der Waals surface area contributed by atoms with Crippen LogP contribution in [-0.2, 0) is 6.54 Å². The number of methoxy groups -OCH3 is 1. The van der Waals surface area contributed by atoms with E-state index in [1.54, 1.807) is 7.11 Å². The Kier molecular flexibility index (Phi) is 4.48. The second kappa shape index (κ2) is 6.70. The molecular formula is C16H19FN4O. The van der Waals surface area contributed by atoms with Gasteiger partial charge in [0.1, 0.15) is 18.0 Å². The number of ether oxygens (including phenoxy) is 1. The number of rotatable bonds is 4. The first kappa shape index (κ1) is 14.7. The maximum Gasteiger partial charge on any atom is 0.218 e. The maximum atomic E-state index is 12.9. The van der Waals surface area contributed by atoms with Gasteiger partial charge in [-0.05, 0) is 17.7 Å². The minimum Gasteiger partial charge on any atom is -0.481 e. The Labute approximate surface area is 129 Å². The van der Waals surface area contributed by atoms with Gasteiger partial charge in [0.25, 0.3) is 0 Å². The van der Waals surface area contributed by atoms with E-state index in [1.807, 2.05) is 18.2 Å². The summed E-state index contributed by atoms with van der Waals surface area (Å²) < 4.78 is 18.1. The normalized spacial score (nSPS) is 15.8. The summed E-state index contributed by atoms with van der Waals surface area (Å²) >= 11 is 0. The Morgan fingerprint density at radius 2 is 1.82 bits per heavy atom. The smallest absolute Gasteiger partial charge is 0.218 e. The number of hydrogen-bond acceptors (Lipinski definition) is 5. The number of nitrogens with zero attached hydrogens (tertiary/aromatic N) is 4. The summed E-state index contributed by atoms with van der Waals surface area (Å²) in [6.07, 6.45) is 1.53. The van der Waals surface area contributed by atoms with Crippen LogP contribution >= 0.6 is 0 Å². The van der Waals surface area contributed by atoms with Gasteiger partial charge in [0.15, 0.2) is 0 Å². The summed E-state index contributed by atoms with van der Waals surface area (Å²) in [5.74, 6) is 1.29. The van der Waals surface area contributed by atoms with Crippen LogP contribution in [0, 0.1) is 5.82 Å². The molecule has 1 saturated heterocycles. The molecule has 3 rings (SSSR count). The molecular weight excluding hydrogens is 283 g/mol. The molecule has 1 aliphatic rings. The van der Waals surface area contributed by atoms with Crippen LogP contribution in [0.3, 0.4) is 0 Å². The fourth-order valence-corrected chi connectivity index (χ4v) is 2.60. The lowest BCUT2D eigenvalue weighted by molar-refractivity contribution is 0.249. The number of piperazine rings is 1. The summed E-state index contributed by atoms with van der Waals surface area (Å²) in [6, 6.07) is 8.57. The van der Waals surface area contributed by atoms with Crippen molar-refractivity contribution in [1.29, 1.82) is 0 Å². The SMILES string of the molecule is COc1cc(N2CCN(Cc3ccc(F)cc3)CC2)ncn1. The molecule has 1 aromatic heterocycles. The standard InChI is InChI=1S/C16H19FN4O/c1-22-16-10-15(18-12-19-16)21-8-6-20(7-9-21)11-13-2-4-14(17)5-3-13/h2-5,10,12H,6-9,11H2,1H3. The van der Waals surface area contributed by atoms with Gasteiger partial charge < -0.3 is 9.64 Å². The van der Waals surface area contributed by atoms with E-state index in [1.165, 1.54) is 18.5 Å². The highest BCUT2D eigenvalue weighted by atomic mass is 19.1. The Hall–Kier alpha value is -2.21. The van der Waals surface area contributed by atoms with Crippen molar-refractivity contribution in [2.24, 2.45) is 0 Å². The van der Waals surface area contributed by atoms with Gasteiger partial charge in [-0.3, -0.25) is 4.90 Å². The number of hydrogen-bond donors (Lipinski definition) is 0. The van der Waals surface area contributed by atoms with Crippen LogP contribution in [0.1, 0.15) is 5.56 Å². The van der Waals surface area contributed by atoms with E-state index < -0.39 is 0 Å². The number of halogens is 1. The molecule has 116 valence electrons. The molecule has 0 N–H and O–H groups in total. The predicted molar refractivity (Wildman–Crippen MR) is 82.5 cm³/mol. The van der Waals surface area contributed by atoms with Crippen LogP contribution < -0.4 is 9.64 Å². The Morgan fingerprint density at radius 1 is 1.09 bits per heavy atom. The molecule has 0 radical (unpaired) electrons. The molecule has 6 heteroatoms. The van der Waals surface area contributed by atoms with Gasteiger partial charge >= 0.3 is 0 Å². The highest BCUT2D eigenvalue weighted by Crippen LogP contribution is 2.18. The van der Waals surface area contributed by atoms with E-state index in [9.17, 15) is 4.39 Å². The van der Waals surface area contributed by atoms with Gasteiger partial charge in [-0.15, -0.1) is 0 Å². The molecule has 0 aliphatic carbocycles. The molecule has 22 heavy (non-hydrogen) atoms. The molecule has 0 saturated carbocycles. The Bertz CT molecular complexity index is 612.